The Morgan fingerprint density at radius 1 is 1.35 bits per heavy atom. The Morgan fingerprint density at radius 2 is 2.13 bits per heavy atom. The first-order chi connectivity index (χ1) is 11.0. The van der Waals surface area contributed by atoms with Gasteiger partial charge in [0.2, 0.25) is 0 Å². The second kappa shape index (κ2) is 7.60. The van der Waals surface area contributed by atoms with Crippen LogP contribution in [0.3, 0.4) is 0 Å². The smallest absolute Gasteiger partial charge is 0.260 e. The van der Waals surface area contributed by atoms with Gasteiger partial charge in [0, 0.05) is 22.8 Å². The lowest BCUT2D eigenvalue weighted by molar-refractivity contribution is -0.121. The number of rotatable bonds is 5. The SMILES string of the molecule is COc1ccc(Cl)cc1/C(C)=N\NC(=O)Cn1ccccc1=O. The lowest BCUT2D eigenvalue weighted by atomic mass is 10.1. The van der Waals surface area contributed by atoms with E-state index in [4.69, 9.17) is 16.3 Å². The van der Waals surface area contributed by atoms with Crippen molar-refractivity contribution in [1.29, 1.82) is 0 Å². The number of hydrogen-bond acceptors (Lipinski definition) is 4. The number of carbonyl (C=O) groups is 1. The minimum absolute atomic E-state index is 0.108. The molecule has 0 fully saturated rings. The van der Waals surface area contributed by atoms with Crippen LogP contribution in [0.1, 0.15) is 12.5 Å². The van der Waals surface area contributed by atoms with Gasteiger partial charge >= 0.3 is 0 Å². The highest BCUT2D eigenvalue weighted by molar-refractivity contribution is 6.31. The van der Waals surface area contributed by atoms with E-state index in [0.29, 0.717) is 22.0 Å². The van der Waals surface area contributed by atoms with Gasteiger partial charge in [0.25, 0.3) is 11.5 Å². The molecular formula is C16H16ClN3O3. The first kappa shape index (κ1) is 16.8. The number of carbonyl (C=O) groups excluding carboxylic acids is 1. The van der Waals surface area contributed by atoms with Crippen molar-refractivity contribution in [3.63, 3.8) is 0 Å². The van der Waals surface area contributed by atoms with Crippen LogP contribution in [-0.2, 0) is 11.3 Å². The van der Waals surface area contributed by atoms with Crippen molar-refractivity contribution < 1.29 is 9.53 Å². The number of halogens is 1. The Kier molecular flexibility index (Phi) is 5.54. The molecule has 0 saturated heterocycles. The maximum atomic E-state index is 11.9. The van der Waals surface area contributed by atoms with Crippen LogP contribution in [0.25, 0.3) is 0 Å². The van der Waals surface area contributed by atoms with Gasteiger partial charge in [0.05, 0.1) is 12.8 Å². The number of aromatic nitrogens is 1. The van der Waals surface area contributed by atoms with Crippen molar-refractivity contribution in [2.45, 2.75) is 13.5 Å². The summed E-state index contributed by atoms with van der Waals surface area (Å²) in [7, 11) is 1.54. The van der Waals surface area contributed by atoms with Gasteiger partial charge in [-0.15, -0.1) is 0 Å². The standard InChI is InChI=1S/C16H16ClN3O3/c1-11(13-9-12(17)6-7-14(13)23-2)18-19-15(21)10-20-8-4-3-5-16(20)22/h3-9H,10H2,1-2H3,(H,19,21)/b18-11-. The van der Waals surface area contributed by atoms with Gasteiger partial charge in [-0.2, -0.15) is 5.10 Å². The van der Waals surface area contributed by atoms with E-state index in [-0.39, 0.29) is 12.1 Å². The lowest BCUT2D eigenvalue weighted by Gasteiger charge is -2.09. The van der Waals surface area contributed by atoms with Gasteiger partial charge in [-0.3, -0.25) is 9.59 Å². The molecule has 0 radical (unpaired) electrons. The van der Waals surface area contributed by atoms with Gasteiger partial charge < -0.3 is 9.30 Å². The van der Waals surface area contributed by atoms with Crippen LogP contribution in [-0.4, -0.2) is 23.3 Å². The van der Waals surface area contributed by atoms with E-state index in [1.165, 1.54) is 10.6 Å². The minimum Gasteiger partial charge on any atom is -0.496 e. The Morgan fingerprint density at radius 3 is 2.83 bits per heavy atom. The van der Waals surface area contributed by atoms with Crippen LogP contribution in [0, 0.1) is 0 Å². The highest BCUT2D eigenvalue weighted by atomic mass is 35.5. The first-order valence-electron chi connectivity index (χ1n) is 6.84. The number of hydrogen-bond donors (Lipinski definition) is 1. The van der Waals surface area contributed by atoms with Crippen molar-refractivity contribution in [2.75, 3.05) is 7.11 Å². The molecule has 0 unspecified atom stereocenters. The zero-order valence-corrected chi connectivity index (χ0v) is 13.5. The monoisotopic (exact) mass is 333 g/mol. The quantitative estimate of drug-likeness (QED) is 0.672. The Labute approximate surface area is 138 Å². The number of ether oxygens (including phenoxy) is 1. The number of hydrazone groups is 1. The molecular weight excluding hydrogens is 318 g/mol. The number of nitrogens with one attached hydrogen (secondary N) is 1. The van der Waals surface area contributed by atoms with Crippen molar-refractivity contribution in [3.05, 3.63) is 63.5 Å². The second-order valence-corrected chi connectivity index (χ2v) is 5.18. The number of amides is 1. The van der Waals surface area contributed by atoms with Crippen LogP contribution < -0.4 is 15.7 Å². The van der Waals surface area contributed by atoms with E-state index in [0.717, 1.165) is 0 Å². The van der Waals surface area contributed by atoms with E-state index in [1.54, 1.807) is 50.6 Å². The molecule has 0 saturated carbocycles. The Hall–Kier alpha value is -2.60. The molecule has 120 valence electrons. The zero-order valence-electron chi connectivity index (χ0n) is 12.7. The molecule has 6 nitrogen and oxygen atoms in total. The zero-order chi connectivity index (χ0) is 16.8. The minimum atomic E-state index is -0.404. The summed E-state index contributed by atoms with van der Waals surface area (Å²) < 4.78 is 6.53. The highest BCUT2D eigenvalue weighted by Gasteiger charge is 2.08. The highest BCUT2D eigenvalue weighted by Crippen LogP contribution is 2.23. The Balaban J connectivity index is 2.10. The van der Waals surface area contributed by atoms with Gasteiger partial charge in [0.1, 0.15) is 12.3 Å². The number of benzene rings is 1. The first-order valence-corrected chi connectivity index (χ1v) is 7.21. The van der Waals surface area contributed by atoms with E-state index < -0.39 is 5.91 Å². The van der Waals surface area contributed by atoms with Gasteiger partial charge in [-0.25, -0.2) is 5.43 Å². The average molecular weight is 334 g/mol. The fourth-order valence-corrected chi connectivity index (χ4v) is 2.12. The van der Waals surface area contributed by atoms with E-state index in [1.807, 2.05) is 0 Å². The molecule has 0 spiro atoms. The van der Waals surface area contributed by atoms with Crippen molar-refractivity contribution in [3.8, 4) is 5.75 Å². The molecule has 1 heterocycles. The molecule has 0 bridgehead atoms. The third-order valence-corrected chi connectivity index (χ3v) is 3.35. The molecule has 7 heteroatoms. The molecule has 0 aliphatic heterocycles. The summed E-state index contributed by atoms with van der Waals surface area (Å²) in [6, 6.07) is 9.82. The van der Waals surface area contributed by atoms with Crippen molar-refractivity contribution in [2.24, 2.45) is 5.10 Å². The average Bonchev–Trinajstić information content (AvgIpc) is 2.54. The molecule has 23 heavy (non-hydrogen) atoms. The molecule has 0 atom stereocenters. The maximum Gasteiger partial charge on any atom is 0.260 e. The van der Waals surface area contributed by atoms with Crippen LogP contribution in [0.5, 0.6) is 5.75 Å². The molecule has 0 aliphatic rings. The summed E-state index contributed by atoms with van der Waals surface area (Å²) in [4.78, 5) is 23.4. The van der Waals surface area contributed by atoms with Crippen molar-refractivity contribution in [1.82, 2.24) is 9.99 Å². The largest absolute Gasteiger partial charge is 0.496 e. The normalized spacial score (nSPS) is 11.2. The molecule has 1 aromatic carbocycles. The summed E-state index contributed by atoms with van der Waals surface area (Å²) in [5, 5.41) is 4.57. The molecule has 1 N–H and O–H groups in total. The third kappa shape index (κ3) is 4.43. The molecule has 2 aromatic rings. The summed E-state index contributed by atoms with van der Waals surface area (Å²) in [6.45, 7) is 1.62. The van der Waals surface area contributed by atoms with Crippen LogP contribution in [0.2, 0.25) is 5.02 Å². The fraction of sp³-hybridized carbons (Fsp3) is 0.188. The number of nitrogens with zero attached hydrogens (tertiary/aromatic N) is 2. The summed E-state index contributed by atoms with van der Waals surface area (Å²) in [5.74, 6) is 0.197. The summed E-state index contributed by atoms with van der Waals surface area (Å²) in [6.07, 6.45) is 1.54. The maximum absolute atomic E-state index is 11.9. The number of methoxy groups -OCH3 is 1. The molecule has 0 aliphatic carbocycles. The molecule has 2 rings (SSSR count). The summed E-state index contributed by atoms with van der Waals surface area (Å²) >= 11 is 5.97. The summed E-state index contributed by atoms with van der Waals surface area (Å²) in [5.41, 5.74) is 3.39. The van der Waals surface area contributed by atoms with Gasteiger partial charge in [-0.05, 0) is 31.2 Å². The van der Waals surface area contributed by atoms with E-state index in [9.17, 15) is 9.59 Å². The van der Waals surface area contributed by atoms with Crippen LogP contribution >= 0.6 is 11.6 Å². The molecule has 1 aromatic heterocycles. The second-order valence-electron chi connectivity index (χ2n) is 4.74. The van der Waals surface area contributed by atoms with Gasteiger partial charge in [0.15, 0.2) is 0 Å². The topological polar surface area (TPSA) is 72.7 Å². The van der Waals surface area contributed by atoms with Crippen molar-refractivity contribution >= 4 is 23.2 Å². The van der Waals surface area contributed by atoms with E-state index in [2.05, 4.69) is 10.5 Å². The Bertz CT molecular complexity index is 799. The fourth-order valence-electron chi connectivity index (χ4n) is 1.95. The predicted molar refractivity (Wildman–Crippen MR) is 89.1 cm³/mol. The number of pyridine rings is 1. The molecule has 1 amide bonds. The van der Waals surface area contributed by atoms with Crippen LogP contribution in [0.4, 0.5) is 0 Å². The predicted octanol–water partition coefficient (Wildman–Crippen LogP) is 2.05. The lowest BCUT2D eigenvalue weighted by Crippen LogP contribution is -2.29. The van der Waals surface area contributed by atoms with E-state index >= 15 is 0 Å². The van der Waals surface area contributed by atoms with Gasteiger partial charge in [-0.1, -0.05) is 17.7 Å². The van der Waals surface area contributed by atoms with Crippen LogP contribution in [0.15, 0.2) is 52.5 Å². The third-order valence-electron chi connectivity index (χ3n) is 3.11.